The van der Waals surface area contributed by atoms with Crippen molar-refractivity contribution in [2.24, 2.45) is 0 Å². The molecule has 1 aromatic heterocycles. The van der Waals surface area contributed by atoms with Gasteiger partial charge in [-0.1, -0.05) is 31.5 Å². The first-order valence-electron chi connectivity index (χ1n) is 5.30. The van der Waals surface area contributed by atoms with Gasteiger partial charge in [-0.25, -0.2) is 0 Å². The molecule has 1 aromatic carbocycles. The van der Waals surface area contributed by atoms with Gasteiger partial charge in [0.05, 0.1) is 10.9 Å². The summed E-state index contributed by atoms with van der Waals surface area (Å²) >= 11 is 6.28. The fourth-order valence-corrected chi connectivity index (χ4v) is 2.05. The Labute approximate surface area is 95.1 Å². The maximum Gasteiger partial charge on any atom is 0.0705 e. The van der Waals surface area contributed by atoms with Gasteiger partial charge < -0.3 is 0 Å². The molecule has 2 rings (SSSR count). The highest BCUT2D eigenvalue weighted by Gasteiger charge is 2.07. The third kappa shape index (κ3) is 2.29. The Morgan fingerprint density at radius 1 is 1.33 bits per heavy atom. The molecule has 0 spiro atoms. The second-order valence-electron chi connectivity index (χ2n) is 3.71. The van der Waals surface area contributed by atoms with Crippen LogP contribution in [0, 0.1) is 0 Å². The zero-order valence-corrected chi connectivity index (χ0v) is 9.54. The normalized spacial score (nSPS) is 12.9. The van der Waals surface area contributed by atoms with Gasteiger partial charge in [0.15, 0.2) is 0 Å². The predicted octanol–water partition coefficient (Wildman–Crippen LogP) is 4.31. The van der Waals surface area contributed by atoms with E-state index in [9.17, 15) is 0 Å². The van der Waals surface area contributed by atoms with Crippen molar-refractivity contribution in [3.05, 3.63) is 42.1 Å². The standard InChI is InChI=1S/C13H14ClN/c1-2-4-12(14)11-7-6-10-5-3-8-15-13(10)9-11/h3,5-9,12H,2,4H2,1H3. The number of nitrogens with zero attached hydrogens (tertiary/aromatic N) is 1. The Morgan fingerprint density at radius 2 is 2.20 bits per heavy atom. The second kappa shape index (κ2) is 4.63. The first-order valence-corrected chi connectivity index (χ1v) is 5.73. The molecule has 0 aliphatic carbocycles. The Bertz CT molecular complexity index is 453. The first-order chi connectivity index (χ1) is 7.31. The number of hydrogen-bond acceptors (Lipinski definition) is 1. The minimum atomic E-state index is 0.112. The third-order valence-electron chi connectivity index (χ3n) is 2.53. The Hall–Kier alpha value is -1.08. The van der Waals surface area contributed by atoms with Gasteiger partial charge in [0.2, 0.25) is 0 Å². The van der Waals surface area contributed by atoms with E-state index in [1.807, 2.05) is 12.3 Å². The Morgan fingerprint density at radius 3 is 3.00 bits per heavy atom. The maximum absolute atomic E-state index is 6.28. The van der Waals surface area contributed by atoms with Crippen LogP contribution in [0.15, 0.2) is 36.5 Å². The molecule has 15 heavy (non-hydrogen) atoms. The highest BCUT2D eigenvalue weighted by atomic mass is 35.5. The van der Waals surface area contributed by atoms with Crippen molar-refractivity contribution in [1.82, 2.24) is 4.98 Å². The van der Waals surface area contributed by atoms with Crippen molar-refractivity contribution < 1.29 is 0 Å². The molecule has 78 valence electrons. The molecule has 0 saturated heterocycles. The van der Waals surface area contributed by atoms with Crippen LogP contribution < -0.4 is 0 Å². The van der Waals surface area contributed by atoms with Gasteiger partial charge in [-0.2, -0.15) is 0 Å². The largest absolute Gasteiger partial charge is 0.256 e. The predicted molar refractivity (Wildman–Crippen MR) is 65.2 cm³/mol. The van der Waals surface area contributed by atoms with E-state index < -0.39 is 0 Å². The average molecular weight is 220 g/mol. The van der Waals surface area contributed by atoms with E-state index in [2.05, 4.69) is 36.2 Å². The lowest BCUT2D eigenvalue weighted by Gasteiger charge is -2.08. The van der Waals surface area contributed by atoms with Crippen LogP contribution in [0.2, 0.25) is 0 Å². The van der Waals surface area contributed by atoms with Crippen LogP contribution >= 0.6 is 11.6 Å². The molecule has 0 aliphatic rings. The third-order valence-corrected chi connectivity index (χ3v) is 3.00. The summed E-state index contributed by atoms with van der Waals surface area (Å²) in [5.74, 6) is 0. The topological polar surface area (TPSA) is 12.9 Å². The summed E-state index contributed by atoms with van der Waals surface area (Å²) in [5.41, 5.74) is 2.20. The van der Waals surface area contributed by atoms with Gasteiger partial charge in [0.25, 0.3) is 0 Å². The summed E-state index contributed by atoms with van der Waals surface area (Å²) in [7, 11) is 0. The Balaban J connectivity index is 2.38. The van der Waals surface area contributed by atoms with Crippen molar-refractivity contribution in [2.75, 3.05) is 0 Å². The lowest BCUT2D eigenvalue weighted by molar-refractivity contribution is 0.771. The van der Waals surface area contributed by atoms with Crippen LogP contribution in [0.25, 0.3) is 10.9 Å². The quantitative estimate of drug-likeness (QED) is 0.701. The molecule has 0 aliphatic heterocycles. The number of fused-ring (bicyclic) bond motifs is 1. The maximum atomic E-state index is 6.28. The van der Waals surface area contributed by atoms with Crippen molar-refractivity contribution in [3.8, 4) is 0 Å². The summed E-state index contributed by atoms with van der Waals surface area (Å²) in [6.07, 6.45) is 3.93. The van der Waals surface area contributed by atoms with E-state index in [1.54, 1.807) is 0 Å². The summed E-state index contributed by atoms with van der Waals surface area (Å²) in [6.45, 7) is 2.15. The van der Waals surface area contributed by atoms with Crippen LogP contribution in [0.4, 0.5) is 0 Å². The zero-order valence-electron chi connectivity index (χ0n) is 8.78. The van der Waals surface area contributed by atoms with Crippen LogP contribution in [0.3, 0.4) is 0 Å². The van der Waals surface area contributed by atoms with Crippen LogP contribution in [-0.4, -0.2) is 4.98 Å². The average Bonchev–Trinajstić information content (AvgIpc) is 2.29. The second-order valence-corrected chi connectivity index (χ2v) is 4.24. The fourth-order valence-electron chi connectivity index (χ4n) is 1.70. The molecule has 1 nitrogen and oxygen atoms in total. The van der Waals surface area contributed by atoms with Crippen LogP contribution in [-0.2, 0) is 0 Å². The zero-order chi connectivity index (χ0) is 10.7. The molecule has 0 N–H and O–H groups in total. The molecule has 0 saturated carbocycles. The summed E-state index contributed by atoms with van der Waals surface area (Å²) in [6, 6.07) is 10.3. The highest BCUT2D eigenvalue weighted by molar-refractivity contribution is 6.20. The number of hydrogen-bond donors (Lipinski definition) is 0. The van der Waals surface area contributed by atoms with Crippen LogP contribution in [0.1, 0.15) is 30.7 Å². The van der Waals surface area contributed by atoms with E-state index >= 15 is 0 Å². The molecule has 1 atom stereocenters. The van der Waals surface area contributed by atoms with Crippen molar-refractivity contribution in [1.29, 1.82) is 0 Å². The molecule has 0 radical (unpaired) electrons. The lowest BCUT2D eigenvalue weighted by Crippen LogP contribution is -1.90. The fraction of sp³-hybridized carbons (Fsp3) is 0.308. The number of pyridine rings is 1. The number of benzene rings is 1. The highest BCUT2D eigenvalue weighted by Crippen LogP contribution is 2.27. The number of rotatable bonds is 3. The minimum Gasteiger partial charge on any atom is -0.256 e. The molecule has 2 heteroatoms. The summed E-state index contributed by atoms with van der Waals surface area (Å²) in [4.78, 5) is 4.33. The van der Waals surface area contributed by atoms with Gasteiger partial charge in [-0.3, -0.25) is 4.98 Å². The van der Waals surface area contributed by atoms with Gasteiger partial charge in [0.1, 0.15) is 0 Å². The summed E-state index contributed by atoms with van der Waals surface area (Å²) < 4.78 is 0. The number of aromatic nitrogens is 1. The minimum absolute atomic E-state index is 0.112. The Kier molecular flexibility index (Phi) is 3.22. The number of alkyl halides is 1. The van der Waals surface area contributed by atoms with Gasteiger partial charge in [-0.15, -0.1) is 11.6 Å². The first kappa shape index (κ1) is 10.4. The molecular formula is C13H14ClN. The van der Waals surface area contributed by atoms with Gasteiger partial charge in [0, 0.05) is 11.6 Å². The number of halogens is 1. The molecule has 0 fully saturated rings. The SMILES string of the molecule is CCCC(Cl)c1ccc2cccnc2c1. The lowest BCUT2D eigenvalue weighted by atomic mass is 10.1. The van der Waals surface area contributed by atoms with Gasteiger partial charge in [-0.05, 0) is 24.1 Å². The molecular weight excluding hydrogens is 206 g/mol. The van der Waals surface area contributed by atoms with E-state index in [0.29, 0.717) is 0 Å². The van der Waals surface area contributed by atoms with E-state index in [0.717, 1.165) is 18.4 Å². The monoisotopic (exact) mass is 219 g/mol. The van der Waals surface area contributed by atoms with Crippen molar-refractivity contribution in [2.45, 2.75) is 25.1 Å². The van der Waals surface area contributed by atoms with Gasteiger partial charge >= 0.3 is 0 Å². The smallest absolute Gasteiger partial charge is 0.0705 e. The molecule has 1 unspecified atom stereocenters. The molecule has 0 bridgehead atoms. The molecule has 0 amide bonds. The van der Waals surface area contributed by atoms with E-state index in [-0.39, 0.29) is 5.38 Å². The van der Waals surface area contributed by atoms with E-state index in [4.69, 9.17) is 11.6 Å². The van der Waals surface area contributed by atoms with Crippen molar-refractivity contribution in [3.63, 3.8) is 0 Å². The van der Waals surface area contributed by atoms with Crippen LogP contribution in [0.5, 0.6) is 0 Å². The van der Waals surface area contributed by atoms with E-state index in [1.165, 1.54) is 10.9 Å². The summed E-state index contributed by atoms with van der Waals surface area (Å²) in [5, 5.41) is 1.28. The van der Waals surface area contributed by atoms with Crippen molar-refractivity contribution >= 4 is 22.5 Å². The molecule has 1 heterocycles. The molecule has 2 aromatic rings.